The fourth-order valence-corrected chi connectivity index (χ4v) is 1.30. The van der Waals surface area contributed by atoms with Crippen LogP contribution in [-0.2, 0) is 7.05 Å². The third-order valence-electron chi connectivity index (χ3n) is 2.02. The van der Waals surface area contributed by atoms with E-state index in [0.717, 1.165) is 0 Å². The van der Waals surface area contributed by atoms with Gasteiger partial charge in [0.25, 0.3) is 6.43 Å². The van der Waals surface area contributed by atoms with E-state index in [-0.39, 0.29) is 18.9 Å². The maximum Gasteiger partial charge on any atom is 0.251 e. The van der Waals surface area contributed by atoms with Gasteiger partial charge in [0.15, 0.2) is 5.78 Å². The second kappa shape index (κ2) is 5.02. The SMILES string of the molecule is CN(CC(=O)c1ccn(C)c1)CC(F)F. The molecule has 0 spiro atoms. The molecule has 5 heteroatoms. The van der Waals surface area contributed by atoms with Crippen molar-refractivity contribution >= 4 is 5.78 Å². The van der Waals surface area contributed by atoms with Crippen LogP contribution in [0.1, 0.15) is 10.4 Å². The Bertz CT molecular complexity index is 336. The standard InChI is InChI=1S/C10H14F2N2O/c1-13-4-3-8(5-13)9(15)6-14(2)7-10(11)12/h3-5,10H,6-7H2,1-2H3. The summed E-state index contributed by atoms with van der Waals surface area (Å²) in [6, 6.07) is 1.68. The molecule has 0 aliphatic heterocycles. The minimum absolute atomic E-state index is 0.0222. The van der Waals surface area contributed by atoms with Gasteiger partial charge in [0.2, 0.25) is 0 Å². The number of carbonyl (C=O) groups is 1. The number of halogens is 2. The number of ketones is 1. The van der Waals surface area contributed by atoms with Crippen LogP contribution in [0.5, 0.6) is 0 Å². The Morgan fingerprint density at radius 1 is 1.60 bits per heavy atom. The molecule has 0 amide bonds. The fraction of sp³-hybridized carbons (Fsp3) is 0.500. The average molecular weight is 216 g/mol. The first-order valence-corrected chi connectivity index (χ1v) is 4.61. The third-order valence-corrected chi connectivity index (χ3v) is 2.02. The minimum Gasteiger partial charge on any atom is -0.357 e. The lowest BCUT2D eigenvalue weighted by Crippen LogP contribution is -2.30. The number of aromatic nitrogens is 1. The summed E-state index contributed by atoms with van der Waals surface area (Å²) in [6.07, 6.45) is 1.03. The molecule has 0 unspecified atom stereocenters. The van der Waals surface area contributed by atoms with Gasteiger partial charge in [-0.2, -0.15) is 0 Å². The monoisotopic (exact) mass is 216 g/mol. The van der Waals surface area contributed by atoms with Gasteiger partial charge in [-0.05, 0) is 13.1 Å². The summed E-state index contributed by atoms with van der Waals surface area (Å²) >= 11 is 0. The summed E-state index contributed by atoms with van der Waals surface area (Å²) in [5.41, 5.74) is 0.554. The van der Waals surface area contributed by atoms with Gasteiger partial charge in [0.1, 0.15) is 0 Å². The van der Waals surface area contributed by atoms with E-state index in [1.165, 1.54) is 11.9 Å². The van der Waals surface area contributed by atoms with Gasteiger partial charge in [0, 0.05) is 25.0 Å². The number of rotatable bonds is 5. The summed E-state index contributed by atoms with van der Waals surface area (Å²) in [4.78, 5) is 12.9. The van der Waals surface area contributed by atoms with Gasteiger partial charge in [0.05, 0.1) is 13.1 Å². The van der Waals surface area contributed by atoms with E-state index in [2.05, 4.69) is 0 Å². The first kappa shape index (κ1) is 11.8. The Balaban J connectivity index is 2.49. The van der Waals surface area contributed by atoms with E-state index in [1.807, 2.05) is 0 Å². The summed E-state index contributed by atoms with van der Waals surface area (Å²) in [5, 5.41) is 0. The second-order valence-electron chi connectivity index (χ2n) is 3.58. The molecule has 1 heterocycles. The maximum absolute atomic E-state index is 12.0. The van der Waals surface area contributed by atoms with Crippen LogP contribution in [-0.4, -0.2) is 41.8 Å². The third kappa shape index (κ3) is 3.79. The summed E-state index contributed by atoms with van der Waals surface area (Å²) in [7, 11) is 3.31. The highest BCUT2D eigenvalue weighted by Crippen LogP contribution is 2.03. The van der Waals surface area contributed by atoms with Crippen molar-refractivity contribution in [1.29, 1.82) is 0 Å². The second-order valence-corrected chi connectivity index (χ2v) is 3.58. The number of alkyl halides is 2. The summed E-state index contributed by atoms with van der Waals surface area (Å²) in [6.45, 7) is -0.354. The molecule has 0 atom stereocenters. The molecule has 1 aromatic heterocycles. The van der Waals surface area contributed by atoms with Crippen molar-refractivity contribution in [2.45, 2.75) is 6.43 Å². The summed E-state index contributed by atoms with van der Waals surface area (Å²) < 4.78 is 25.7. The zero-order valence-electron chi connectivity index (χ0n) is 8.78. The van der Waals surface area contributed by atoms with Crippen LogP contribution >= 0.6 is 0 Å². The van der Waals surface area contributed by atoms with Gasteiger partial charge < -0.3 is 4.57 Å². The number of hydrogen-bond donors (Lipinski definition) is 0. The predicted octanol–water partition coefficient (Wildman–Crippen LogP) is 1.40. The highest BCUT2D eigenvalue weighted by atomic mass is 19.3. The van der Waals surface area contributed by atoms with E-state index >= 15 is 0 Å². The van der Waals surface area contributed by atoms with Gasteiger partial charge >= 0.3 is 0 Å². The first-order valence-electron chi connectivity index (χ1n) is 4.61. The largest absolute Gasteiger partial charge is 0.357 e. The molecule has 84 valence electrons. The molecule has 15 heavy (non-hydrogen) atoms. The molecule has 0 aliphatic rings. The van der Waals surface area contributed by atoms with Crippen LogP contribution in [0.15, 0.2) is 18.5 Å². The highest BCUT2D eigenvalue weighted by molar-refractivity contribution is 5.97. The smallest absolute Gasteiger partial charge is 0.251 e. The molecule has 0 aromatic carbocycles. The molecule has 0 aliphatic carbocycles. The fourth-order valence-electron chi connectivity index (χ4n) is 1.30. The maximum atomic E-state index is 12.0. The lowest BCUT2D eigenvalue weighted by atomic mass is 10.2. The topological polar surface area (TPSA) is 25.2 Å². The summed E-state index contributed by atoms with van der Waals surface area (Å²) in [5.74, 6) is -0.140. The molecule has 3 nitrogen and oxygen atoms in total. The van der Waals surface area contributed by atoms with Crippen molar-refractivity contribution in [1.82, 2.24) is 9.47 Å². The van der Waals surface area contributed by atoms with Crippen molar-refractivity contribution in [3.8, 4) is 0 Å². The Hall–Kier alpha value is -1.23. The molecule has 0 radical (unpaired) electrons. The van der Waals surface area contributed by atoms with Crippen LogP contribution in [0.3, 0.4) is 0 Å². The van der Waals surface area contributed by atoms with Crippen LogP contribution in [0.25, 0.3) is 0 Å². The van der Waals surface area contributed by atoms with Crippen molar-refractivity contribution in [3.05, 3.63) is 24.0 Å². The van der Waals surface area contributed by atoms with Crippen molar-refractivity contribution in [2.24, 2.45) is 7.05 Å². The van der Waals surface area contributed by atoms with Gasteiger partial charge in [-0.3, -0.25) is 9.69 Å². The molecule has 1 aromatic rings. The number of aryl methyl sites for hydroxylation is 1. The highest BCUT2D eigenvalue weighted by Gasteiger charge is 2.13. The molecule has 1 rings (SSSR count). The lowest BCUT2D eigenvalue weighted by molar-refractivity contribution is 0.0820. The molecular weight excluding hydrogens is 202 g/mol. The van der Waals surface area contributed by atoms with Crippen LogP contribution in [0, 0.1) is 0 Å². The number of nitrogens with zero attached hydrogens (tertiary/aromatic N) is 2. The van der Waals surface area contributed by atoms with E-state index in [9.17, 15) is 13.6 Å². The lowest BCUT2D eigenvalue weighted by Gasteiger charge is -2.14. The molecular formula is C10H14F2N2O. The van der Waals surface area contributed by atoms with E-state index in [0.29, 0.717) is 5.56 Å². The van der Waals surface area contributed by atoms with Crippen LogP contribution in [0.4, 0.5) is 8.78 Å². The van der Waals surface area contributed by atoms with Crippen molar-refractivity contribution in [2.75, 3.05) is 20.1 Å². The normalized spacial score (nSPS) is 11.3. The van der Waals surface area contributed by atoms with Gasteiger partial charge in [-0.15, -0.1) is 0 Å². The zero-order valence-corrected chi connectivity index (χ0v) is 8.78. The minimum atomic E-state index is -2.40. The number of hydrogen-bond acceptors (Lipinski definition) is 2. The van der Waals surface area contributed by atoms with Crippen LogP contribution in [0.2, 0.25) is 0 Å². The average Bonchev–Trinajstić information content (AvgIpc) is 2.49. The molecule has 0 bridgehead atoms. The molecule has 0 fully saturated rings. The Labute approximate surface area is 87.3 Å². The van der Waals surface area contributed by atoms with Crippen molar-refractivity contribution in [3.63, 3.8) is 0 Å². The number of carbonyl (C=O) groups excluding carboxylic acids is 1. The predicted molar refractivity (Wildman–Crippen MR) is 53.2 cm³/mol. The van der Waals surface area contributed by atoms with Gasteiger partial charge in [-0.1, -0.05) is 0 Å². The Morgan fingerprint density at radius 2 is 2.27 bits per heavy atom. The van der Waals surface area contributed by atoms with E-state index in [1.54, 1.807) is 30.1 Å². The zero-order chi connectivity index (χ0) is 11.4. The van der Waals surface area contributed by atoms with Crippen molar-refractivity contribution < 1.29 is 13.6 Å². The molecule has 0 saturated heterocycles. The Morgan fingerprint density at radius 3 is 2.73 bits per heavy atom. The van der Waals surface area contributed by atoms with E-state index in [4.69, 9.17) is 0 Å². The Kier molecular flexibility index (Phi) is 3.96. The number of Topliss-reactive ketones (excluding diaryl/α,β-unsaturated/α-hetero) is 1. The number of likely N-dealkylation sites (N-methyl/N-ethyl adjacent to an activating group) is 1. The van der Waals surface area contributed by atoms with E-state index < -0.39 is 6.43 Å². The quantitative estimate of drug-likeness (QED) is 0.695. The molecule has 0 N–H and O–H groups in total. The first-order chi connectivity index (χ1) is 6.99. The molecule has 0 saturated carbocycles. The van der Waals surface area contributed by atoms with Crippen LogP contribution < -0.4 is 0 Å². The van der Waals surface area contributed by atoms with Gasteiger partial charge in [-0.25, -0.2) is 8.78 Å².